The Labute approximate surface area is 136 Å². The molecule has 0 radical (unpaired) electrons. The molecule has 0 saturated carbocycles. The van der Waals surface area contributed by atoms with Crippen molar-refractivity contribution in [3.05, 3.63) is 62.9 Å². The molecule has 0 aliphatic heterocycles. The minimum Gasteiger partial charge on any atom is -0.374 e. The molecule has 0 saturated heterocycles. The molecular formula is C15H13ClFN3O3. The van der Waals surface area contributed by atoms with Crippen molar-refractivity contribution in [2.45, 2.75) is 6.92 Å². The molecule has 0 aliphatic carbocycles. The Hall–Kier alpha value is -2.67. The number of carbonyl (C=O) groups is 1. The molecule has 2 rings (SSSR count). The standard InChI is InChI=1S/C15H13ClFN3O3/c1-9-2-4-13(14(6-9)20(22)23)19-15(21)8-18-12-5-3-10(16)7-11(12)17/h2-7,18H,8H2,1H3,(H,19,21). The van der Waals surface area contributed by atoms with Gasteiger partial charge in [0.1, 0.15) is 11.5 Å². The van der Waals surface area contributed by atoms with E-state index >= 15 is 0 Å². The van der Waals surface area contributed by atoms with Crippen LogP contribution in [0.15, 0.2) is 36.4 Å². The van der Waals surface area contributed by atoms with Crippen LogP contribution in [0.5, 0.6) is 0 Å². The first-order valence-electron chi connectivity index (χ1n) is 6.60. The van der Waals surface area contributed by atoms with Crippen molar-refractivity contribution in [1.82, 2.24) is 0 Å². The van der Waals surface area contributed by atoms with Crippen molar-refractivity contribution in [2.75, 3.05) is 17.2 Å². The molecule has 120 valence electrons. The largest absolute Gasteiger partial charge is 0.374 e. The van der Waals surface area contributed by atoms with Gasteiger partial charge in [0, 0.05) is 11.1 Å². The molecule has 2 aromatic rings. The molecular weight excluding hydrogens is 325 g/mol. The van der Waals surface area contributed by atoms with Crippen LogP contribution in [-0.4, -0.2) is 17.4 Å². The van der Waals surface area contributed by atoms with Gasteiger partial charge in [-0.1, -0.05) is 17.7 Å². The van der Waals surface area contributed by atoms with Gasteiger partial charge in [0.05, 0.1) is 17.2 Å². The number of hydrogen-bond acceptors (Lipinski definition) is 4. The van der Waals surface area contributed by atoms with E-state index in [2.05, 4.69) is 10.6 Å². The Morgan fingerprint density at radius 1 is 1.26 bits per heavy atom. The summed E-state index contributed by atoms with van der Waals surface area (Å²) in [5, 5.41) is 16.3. The predicted molar refractivity (Wildman–Crippen MR) is 86.4 cm³/mol. The second-order valence-electron chi connectivity index (χ2n) is 4.80. The zero-order valence-electron chi connectivity index (χ0n) is 12.1. The minimum atomic E-state index is -0.591. The van der Waals surface area contributed by atoms with E-state index in [1.54, 1.807) is 13.0 Å². The van der Waals surface area contributed by atoms with Gasteiger partial charge in [0.2, 0.25) is 5.91 Å². The first-order valence-corrected chi connectivity index (χ1v) is 6.98. The summed E-state index contributed by atoms with van der Waals surface area (Å²) in [6.45, 7) is 1.47. The predicted octanol–water partition coefficient (Wildman–Crippen LogP) is 3.75. The highest BCUT2D eigenvalue weighted by molar-refractivity contribution is 6.30. The molecule has 2 N–H and O–H groups in total. The number of nitro groups is 1. The van der Waals surface area contributed by atoms with Crippen LogP contribution in [0, 0.1) is 22.9 Å². The highest BCUT2D eigenvalue weighted by Crippen LogP contribution is 2.25. The number of nitrogens with one attached hydrogen (secondary N) is 2. The van der Waals surface area contributed by atoms with Gasteiger partial charge in [-0.15, -0.1) is 0 Å². The molecule has 0 bridgehead atoms. The third-order valence-corrected chi connectivity index (χ3v) is 3.23. The van der Waals surface area contributed by atoms with Crippen molar-refractivity contribution in [3.8, 4) is 0 Å². The Kier molecular flexibility index (Phi) is 5.13. The maximum absolute atomic E-state index is 13.6. The van der Waals surface area contributed by atoms with Crippen LogP contribution in [0.2, 0.25) is 5.02 Å². The number of nitro benzene ring substituents is 1. The summed E-state index contributed by atoms with van der Waals surface area (Å²) in [4.78, 5) is 22.3. The van der Waals surface area contributed by atoms with Gasteiger partial charge in [0.25, 0.3) is 5.69 Å². The third-order valence-electron chi connectivity index (χ3n) is 2.99. The smallest absolute Gasteiger partial charge is 0.293 e. The highest BCUT2D eigenvalue weighted by atomic mass is 35.5. The van der Waals surface area contributed by atoms with Gasteiger partial charge in [-0.3, -0.25) is 14.9 Å². The molecule has 0 aromatic heterocycles. The van der Waals surface area contributed by atoms with Crippen molar-refractivity contribution in [1.29, 1.82) is 0 Å². The lowest BCUT2D eigenvalue weighted by atomic mass is 10.2. The fraction of sp³-hybridized carbons (Fsp3) is 0.133. The van der Waals surface area contributed by atoms with E-state index in [4.69, 9.17) is 11.6 Å². The van der Waals surface area contributed by atoms with Crippen molar-refractivity contribution in [2.24, 2.45) is 0 Å². The summed E-state index contributed by atoms with van der Waals surface area (Å²) in [6.07, 6.45) is 0. The summed E-state index contributed by atoms with van der Waals surface area (Å²) in [7, 11) is 0. The lowest BCUT2D eigenvalue weighted by molar-refractivity contribution is -0.384. The number of halogens is 2. The van der Waals surface area contributed by atoms with Gasteiger partial charge >= 0.3 is 0 Å². The van der Waals surface area contributed by atoms with Gasteiger partial charge in [0.15, 0.2) is 0 Å². The van der Waals surface area contributed by atoms with Crippen LogP contribution in [0.4, 0.5) is 21.5 Å². The topological polar surface area (TPSA) is 84.3 Å². The molecule has 0 aliphatic rings. The van der Waals surface area contributed by atoms with Crippen LogP contribution >= 0.6 is 11.6 Å². The molecule has 1 amide bonds. The second-order valence-corrected chi connectivity index (χ2v) is 5.24. The average molecular weight is 338 g/mol. The van der Waals surface area contributed by atoms with E-state index in [0.29, 0.717) is 5.56 Å². The molecule has 0 atom stereocenters. The molecule has 23 heavy (non-hydrogen) atoms. The van der Waals surface area contributed by atoms with Crippen LogP contribution < -0.4 is 10.6 Å². The van der Waals surface area contributed by atoms with Gasteiger partial charge in [-0.05, 0) is 36.8 Å². The minimum absolute atomic E-state index is 0.0870. The number of hydrogen-bond donors (Lipinski definition) is 2. The number of carbonyl (C=O) groups excluding carboxylic acids is 1. The fourth-order valence-electron chi connectivity index (χ4n) is 1.90. The van der Waals surface area contributed by atoms with Crippen LogP contribution in [0.1, 0.15) is 5.56 Å². The summed E-state index contributed by atoms with van der Waals surface area (Å²) < 4.78 is 13.6. The molecule has 8 heteroatoms. The number of rotatable bonds is 5. The molecule has 2 aromatic carbocycles. The summed E-state index contributed by atoms with van der Waals surface area (Å²) in [6, 6.07) is 8.46. The van der Waals surface area contributed by atoms with E-state index in [-0.39, 0.29) is 28.6 Å². The molecule has 0 unspecified atom stereocenters. The number of amides is 1. The number of aryl methyl sites for hydroxylation is 1. The van der Waals surface area contributed by atoms with Crippen molar-refractivity contribution >= 4 is 34.6 Å². The fourth-order valence-corrected chi connectivity index (χ4v) is 2.06. The van der Waals surface area contributed by atoms with Crippen LogP contribution in [0.25, 0.3) is 0 Å². The molecule has 0 heterocycles. The van der Waals surface area contributed by atoms with Crippen molar-refractivity contribution < 1.29 is 14.1 Å². The Bertz CT molecular complexity index is 768. The lowest BCUT2D eigenvalue weighted by Crippen LogP contribution is -2.22. The van der Waals surface area contributed by atoms with E-state index in [9.17, 15) is 19.3 Å². The zero-order valence-corrected chi connectivity index (χ0v) is 12.9. The first-order chi connectivity index (χ1) is 10.9. The zero-order chi connectivity index (χ0) is 17.0. The summed E-state index contributed by atoms with van der Waals surface area (Å²) >= 11 is 5.64. The number of nitrogens with zero attached hydrogens (tertiary/aromatic N) is 1. The normalized spacial score (nSPS) is 10.2. The molecule has 0 spiro atoms. The Morgan fingerprint density at radius 3 is 2.61 bits per heavy atom. The van der Waals surface area contributed by atoms with Gasteiger partial charge in [-0.25, -0.2) is 4.39 Å². The summed E-state index contributed by atoms with van der Waals surface area (Å²) in [5.74, 6) is -1.13. The van der Waals surface area contributed by atoms with E-state index in [0.717, 1.165) is 6.07 Å². The van der Waals surface area contributed by atoms with Crippen LogP contribution in [-0.2, 0) is 4.79 Å². The maximum atomic E-state index is 13.6. The third kappa shape index (κ3) is 4.40. The van der Waals surface area contributed by atoms with E-state index < -0.39 is 16.6 Å². The van der Waals surface area contributed by atoms with Crippen molar-refractivity contribution in [3.63, 3.8) is 0 Å². The van der Waals surface area contributed by atoms with Gasteiger partial charge < -0.3 is 10.6 Å². The second kappa shape index (κ2) is 7.06. The van der Waals surface area contributed by atoms with E-state index in [1.165, 1.54) is 24.3 Å². The number of anilines is 2. The molecule has 6 nitrogen and oxygen atoms in total. The van der Waals surface area contributed by atoms with E-state index in [1.807, 2.05) is 0 Å². The maximum Gasteiger partial charge on any atom is 0.293 e. The SMILES string of the molecule is Cc1ccc(NC(=O)CNc2ccc(Cl)cc2F)c([N+](=O)[O-])c1. The Morgan fingerprint density at radius 2 is 1.96 bits per heavy atom. The highest BCUT2D eigenvalue weighted by Gasteiger charge is 2.16. The average Bonchev–Trinajstić information content (AvgIpc) is 2.48. The molecule has 0 fully saturated rings. The quantitative estimate of drug-likeness (QED) is 0.643. The Balaban J connectivity index is 2.04. The summed E-state index contributed by atoms with van der Waals surface area (Å²) in [5.41, 5.74) is 0.707. The first kappa shape index (κ1) is 16.7. The van der Waals surface area contributed by atoms with Crippen LogP contribution in [0.3, 0.4) is 0 Å². The van der Waals surface area contributed by atoms with Gasteiger partial charge in [-0.2, -0.15) is 0 Å². The lowest BCUT2D eigenvalue weighted by Gasteiger charge is -2.09. The monoisotopic (exact) mass is 337 g/mol. The number of benzene rings is 2.